The normalized spacial score (nSPS) is 12.6. The van der Waals surface area contributed by atoms with Crippen molar-refractivity contribution in [1.82, 2.24) is 0 Å². The number of hydrogen-bond acceptors (Lipinski definition) is 2. The maximum Gasteiger partial charge on any atom is 0.258 e. The third-order valence-corrected chi connectivity index (χ3v) is 10.6. The Morgan fingerprint density at radius 3 is 1.86 bits per heavy atom. The van der Waals surface area contributed by atoms with Crippen LogP contribution < -0.4 is 10.2 Å². The van der Waals surface area contributed by atoms with E-state index >= 15 is 0 Å². The van der Waals surface area contributed by atoms with E-state index in [4.69, 9.17) is 10.2 Å². The van der Waals surface area contributed by atoms with Crippen LogP contribution in [0.3, 0.4) is 0 Å². The second-order valence-electron chi connectivity index (χ2n) is 6.82. The number of benzene rings is 1. The highest BCUT2D eigenvalue weighted by molar-refractivity contribution is 6.78. The first-order valence-electron chi connectivity index (χ1n) is 7.84. The van der Waals surface area contributed by atoms with Gasteiger partial charge in [-0.1, -0.05) is 41.5 Å². The SMILES string of the molecule is Cc1cc(O[Si](C(C)C)(C(C)C)C(C)C)cc(F)c1CN. The molecule has 1 rings (SSSR count). The second-order valence-corrected chi connectivity index (χ2v) is 12.2. The lowest BCUT2D eigenvalue weighted by molar-refractivity contribution is 0.473. The van der Waals surface area contributed by atoms with E-state index in [1.54, 1.807) is 0 Å². The van der Waals surface area contributed by atoms with Gasteiger partial charge in [0.15, 0.2) is 0 Å². The molecule has 0 heterocycles. The molecule has 0 amide bonds. The van der Waals surface area contributed by atoms with Crippen molar-refractivity contribution in [2.45, 2.75) is 71.6 Å². The van der Waals surface area contributed by atoms with Crippen molar-refractivity contribution in [1.29, 1.82) is 0 Å². The molecule has 1 aromatic carbocycles. The minimum atomic E-state index is -2.04. The van der Waals surface area contributed by atoms with Gasteiger partial charge in [-0.25, -0.2) is 4.39 Å². The topological polar surface area (TPSA) is 35.2 Å². The largest absolute Gasteiger partial charge is 0.543 e. The van der Waals surface area contributed by atoms with Crippen LogP contribution in [-0.4, -0.2) is 8.32 Å². The first-order valence-corrected chi connectivity index (χ1v) is 9.98. The highest BCUT2D eigenvalue weighted by Gasteiger charge is 2.47. The number of aryl methyl sites for hydroxylation is 1. The zero-order chi connectivity index (χ0) is 16.4. The Morgan fingerprint density at radius 1 is 1.05 bits per heavy atom. The Bertz CT molecular complexity index is 441. The smallest absolute Gasteiger partial charge is 0.258 e. The molecule has 0 bridgehead atoms. The average molecular weight is 312 g/mol. The van der Waals surface area contributed by atoms with Gasteiger partial charge in [0.1, 0.15) is 11.6 Å². The van der Waals surface area contributed by atoms with Crippen LogP contribution in [0, 0.1) is 12.7 Å². The van der Waals surface area contributed by atoms with Crippen molar-refractivity contribution >= 4 is 8.32 Å². The Hall–Kier alpha value is -0.873. The maximum atomic E-state index is 14.1. The molecule has 0 fully saturated rings. The first kappa shape index (κ1) is 18.2. The summed E-state index contributed by atoms with van der Waals surface area (Å²) in [5.41, 5.74) is 8.45. The Morgan fingerprint density at radius 2 is 1.52 bits per heavy atom. The van der Waals surface area contributed by atoms with Gasteiger partial charge in [-0.2, -0.15) is 0 Å². The summed E-state index contributed by atoms with van der Waals surface area (Å²) in [4.78, 5) is 0. The standard InChI is InChI=1S/C17H30FNOSi/c1-11(2)21(12(3)4,13(5)6)20-15-8-14(7)16(10-19)17(18)9-15/h8-9,11-13H,10,19H2,1-7H3. The van der Waals surface area contributed by atoms with E-state index < -0.39 is 8.32 Å². The van der Waals surface area contributed by atoms with Gasteiger partial charge in [0.25, 0.3) is 8.32 Å². The molecule has 0 aliphatic heterocycles. The molecule has 0 aliphatic rings. The molecule has 120 valence electrons. The van der Waals surface area contributed by atoms with E-state index in [2.05, 4.69) is 41.5 Å². The predicted molar refractivity (Wildman–Crippen MR) is 90.7 cm³/mol. The number of hydrogen-bond donors (Lipinski definition) is 1. The monoisotopic (exact) mass is 311 g/mol. The van der Waals surface area contributed by atoms with Crippen LogP contribution >= 0.6 is 0 Å². The number of halogens is 1. The molecule has 0 radical (unpaired) electrons. The molecule has 2 N–H and O–H groups in total. The second kappa shape index (κ2) is 6.92. The third-order valence-electron chi connectivity index (χ3n) is 4.60. The van der Waals surface area contributed by atoms with Crippen LogP contribution in [0.5, 0.6) is 5.75 Å². The van der Waals surface area contributed by atoms with Gasteiger partial charge in [0.2, 0.25) is 0 Å². The quantitative estimate of drug-likeness (QED) is 0.738. The number of nitrogens with two attached hydrogens (primary N) is 1. The fourth-order valence-electron chi connectivity index (χ4n) is 3.62. The van der Waals surface area contributed by atoms with Crippen LogP contribution in [0.2, 0.25) is 16.6 Å². The zero-order valence-electron chi connectivity index (χ0n) is 14.5. The van der Waals surface area contributed by atoms with Crippen LogP contribution in [0.25, 0.3) is 0 Å². The Balaban J connectivity index is 3.28. The summed E-state index contributed by atoms with van der Waals surface area (Å²) in [5.74, 6) is 0.400. The molecule has 0 saturated heterocycles. The van der Waals surface area contributed by atoms with Gasteiger partial charge < -0.3 is 10.2 Å². The van der Waals surface area contributed by atoms with Gasteiger partial charge >= 0.3 is 0 Å². The van der Waals surface area contributed by atoms with Gasteiger partial charge in [0, 0.05) is 18.2 Å². The fraction of sp³-hybridized carbons (Fsp3) is 0.647. The molecule has 0 unspecified atom stereocenters. The van der Waals surface area contributed by atoms with Crippen LogP contribution in [0.15, 0.2) is 12.1 Å². The summed E-state index contributed by atoms with van der Waals surface area (Å²) in [6, 6.07) is 3.43. The zero-order valence-corrected chi connectivity index (χ0v) is 15.5. The van der Waals surface area contributed by atoms with E-state index in [0.717, 1.165) is 5.56 Å². The molecule has 2 nitrogen and oxygen atoms in total. The Kier molecular flexibility index (Phi) is 5.99. The summed E-state index contributed by atoms with van der Waals surface area (Å²) in [6.45, 7) is 15.5. The van der Waals surface area contributed by atoms with Crippen molar-refractivity contribution in [3.05, 3.63) is 29.1 Å². The molecule has 0 spiro atoms. The highest BCUT2D eigenvalue weighted by Crippen LogP contribution is 2.43. The van der Waals surface area contributed by atoms with Gasteiger partial charge in [-0.3, -0.25) is 0 Å². The molecule has 0 saturated carbocycles. The molecule has 0 atom stereocenters. The predicted octanol–water partition coefficient (Wildman–Crippen LogP) is 5.15. The summed E-state index contributed by atoms with van der Waals surface area (Å²) in [5, 5.41) is 0. The van der Waals surface area contributed by atoms with E-state index in [-0.39, 0.29) is 12.4 Å². The van der Waals surface area contributed by atoms with E-state index in [1.807, 2.05) is 13.0 Å². The van der Waals surface area contributed by atoms with Crippen LogP contribution in [0.1, 0.15) is 52.7 Å². The minimum absolute atomic E-state index is 0.221. The summed E-state index contributed by atoms with van der Waals surface area (Å²) in [7, 11) is -2.04. The molecule has 0 aliphatic carbocycles. The van der Waals surface area contributed by atoms with Crippen molar-refractivity contribution in [2.24, 2.45) is 5.73 Å². The van der Waals surface area contributed by atoms with Crippen molar-refractivity contribution in [2.75, 3.05) is 0 Å². The first-order chi connectivity index (χ1) is 9.66. The molecule has 1 aromatic rings. The lowest BCUT2D eigenvalue weighted by Crippen LogP contribution is -2.50. The molecular weight excluding hydrogens is 281 g/mol. The summed E-state index contributed by atoms with van der Waals surface area (Å²) in [6.07, 6.45) is 0. The number of rotatable bonds is 6. The highest BCUT2D eigenvalue weighted by atomic mass is 28.4. The lowest BCUT2D eigenvalue weighted by atomic mass is 10.1. The van der Waals surface area contributed by atoms with Gasteiger partial charge in [-0.05, 0) is 35.2 Å². The van der Waals surface area contributed by atoms with Crippen LogP contribution in [0.4, 0.5) is 4.39 Å². The van der Waals surface area contributed by atoms with Crippen LogP contribution in [-0.2, 0) is 6.54 Å². The average Bonchev–Trinajstić information content (AvgIpc) is 2.34. The Labute approximate surface area is 130 Å². The lowest BCUT2D eigenvalue weighted by Gasteiger charge is -2.42. The minimum Gasteiger partial charge on any atom is -0.543 e. The molecular formula is C17H30FNOSi. The molecule has 4 heteroatoms. The summed E-state index contributed by atoms with van der Waals surface area (Å²) >= 11 is 0. The summed E-state index contributed by atoms with van der Waals surface area (Å²) < 4.78 is 20.7. The van der Waals surface area contributed by atoms with Crippen molar-refractivity contribution < 1.29 is 8.82 Å². The maximum absolute atomic E-state index is 14.1. The van der Waals surface area contributed by atoms with Gasteiger partial charge in [-0.15, -0.1) is 0 Å². The van der Waals surface area contributed by atoms with E-state index in [0.29, 0.717) is 27.9 Å². The molecule has 21 heavy (non-hydrogen) atoms. The molecule has 0 aromatic heterocycles. The fourth-order valence-corrected chi connectivity index (χ4v) is 8.85. The third kappa shape index (κ3) is 3.48. The van der Waals surface area contributed by atoms with E-state index in [9.17, 15) is 4.39 Å². The van der Waals surface area contributed by atoms with Crippen molar-refractivity contribution in [3.8, 4) is 5.75 Å². The van der Waals surface area contributed by atoms with Crippen molar-refractivity contribution in [3.63, 3.8) is 0 Å². The van der Waals surface area contributed by atoms with E-state index in [1.165, 1.54) is 6.07 Å². The van der Waals surface area contributed by atoms with Gasteiger partial charge in [0.05, 0.1) is 0 Å².